The molecule has 6 aromatic rings. The molecule has 3 aliphatic heterocycles. The van der Waals surface area contributed by atoms with Crippen LogP contribution in [0.15, 0.2) is 83.8 Å². The van der Waals surface area contributed by atoms with Gasteiger partial charge in [0.25, 0.3) is 5.91 Å². The minimum absolute atomic E-state index is 0.143. The van der Waals surface area contributed by atoms with Gasteiger partial charge in [-0.05, 0) is 124 Å². The monoisotopic (exact) mass is 824 g/mol. The number of fused-ring (bicyclic) bond motifs is 2. The van der Waals surface area contributed by atoms with E-state index in [-0.39, 0.29) is 47.8 Å². The number of piperidine rings is 2. The maximum atomic E-state index is 15.2. The number of pyridine rings is 1. The lowest BCUT2D eigenvalue weighted by molar-refractivity contribution is -0.135. The van der Waals surface area contributed by atoms with E-state index in [2.05, 4.69) is 31.2 Å². The fourth-order valence-corrected chi connectivity index (χ4v) is 9.66. The molecule has 3 fully saturated rings. The van der Waals surface area contributed by atoms with Gasteiger partial charge in [0.15, 0.2) is 5.69 Å². The summed E-state index contributed by atoms with van der Waals surface area (Å²) in [4.78, 5) is 72.7. The third-order valence-corrected chi connectivity index (χ3v) is 12.8. The molecular formula is C47H49FN8O5. The number of nitrogens with one attached hydrogen (secondary N) is 2. The number of halogens is 1. The highest BCUT2D eigenvalue weighted by molar-refractivity contribution is 6.11. The fraction of sp³-hybridized carbons (Fsp3) is 0.362. The normalized spacial score (nSPS) is 17.5. The zero-order chi connectivity index (χ0) is 42.4. The van der Waals surface area contributed by atoms with E-state index in [0.29, 0.717) is 42.1 Å². The first-order valence-electron chi connectivity index (χ1n) is 21.4. The van der Waals surface area contributed by atoms with Gasteiger partial charge in [-0.3, -0.25) is 33.6 Å². The van der Waals surface area contributed by atoms with Crippen molar-refractivity contribution in [1.82, 2.24) is 24.0 Å². The first-order valence-corrected chi connectivity index (χ1v) is 21.4. The number of aryl methyl sites for hydroxylation is 3. The number of rotatable bonds is 11. The Kier molecular flexibility index (Phi) is 10.8. The predicted octanol–water partition coefficient (Wildman–Crippen LogP) is 7.11. The number of imidazole rings is 1. The van der Waals surface area contributed by atoms with E-state index in [9.17, 15) is 24.0 Å². The van der Waals surface area contributed by atoms with E-state index < -0.39 is 11.9 Å². The van der Waals surface area contributed by atoms with Crippen LogP contribution in [0.3, 0.4) is 0 Å². The Morgan fingerprint density at radius 1 is 0.918 bits per heavy atom. The van der Waals surface area contributed by atoms with Gasteiger partial charge in [0.1, 0.15) is 11.9 Å². The fourth-order valence-electron chi connectivity index (χ4n) is 9.66. The van der Waals surface area contributed by atoms with Crippen LogP contribution in [0.4, 0.5) is 21.5 Å². The third-order valence-electron chi connectivity index (χ3n) is 12.8. The predicted molar refractivity (Wildman–Crippen MR) is 233 cm³/mol. The number of amides is 4. The lowest BCUT2D eigenvalue weighted by Crippen LogP contribution is -2.44. The van der Waals surface area contributed by atoms with Gasteiger partial charge < -0.3 is 19.7 Å². The summed E-state index contributed by atoms with van der Waals surface area (Å²) in [6.45, 7) is 4.96. The molecule has 314 valence electrons. The summed E-state index contributed by atoms with van der Waals surface area (Å²) in [5.74, 6) is -0.852. The molecule has 1 unspecified atom stereocenters. The lowest BCUT2D eigenvalue weighted by Gasteiger charge is -2.34. The van der Waals surface area contributed by atoms with Gasteiger partial charge in [0.2, 0.25) is 17.7 Å². The minimum Gasteiger partial charge on any atom is -0.370 e. The number of carbonyl (C=O) groups excluding carboxylic acids is 4. The van der Waals surface area contributed by atoms with E-state index in [1.54, 1.807) is 29.9 Å². The second-order valence-electron chi connectivity index (χ2n) is 16.5. The van der Waals surface area contributed by atoms with Crippen LogP contribution in [-0.4, -0.2) is 61.9 Å². The summed E-state index contributed by atoms with van der Waals surface area (Å²) in [7, 11) is 1.72. The molecule has 0 aliphatic carbocycles. The number of hydrogen-bond acceptors (Lipinski definition) is 7. The van der Waals surface area contributed by atoms with Crippen molar-refractivity contribution in [2.24, 2.45) is 13.0 Å². The second kappa shape index (κ2) is 16.5. The molecule has 14 heteroatoms. The molecule has 3 aliphatic rings. The van der Waals surface area contributed by atoms with Gasteiger partial charge in [-0.15, -0.1) is 0 Å². The number of hydrogen-bond donors (Lipinski definition) is 2. The van der Waals surface area contributed by atoms with Crippen molar-refractivity contribution in [3.05, 3.63) is 107 Å². The average molecular weight is 825 g/mol. The molecule has 13 nitrogen and oxygen atoms in total. The van der Waals surface area contributed by atoms with E-state index in [4.69, 9.17) is 0 Å². The quantitative estimate of drug-likeness (QED) is 0.133. The highest BCUT2D eigenvalue weighted by Gasteiger charge is 2.32. The lowest BCUT2D eigenvalue weighted by atomic mass is 9.90. The van der Waals surface area contributed by atoms with Crippen LogP contribution < -0.4 is 26.1 Å². The summed E-state index contributed by atoms with van der Waals surface area (Å²) in [5, 5.41) is 6.24. The Bertz CT molecular complexity index is 2760. The maximum Gasteiger partial charge on any atom is 0.329 e. The number of nitrogens with zero attached hydrogens (tertiary/aromatic N) is 6. The molecule has 0 bridgehead atoms. The number of aromatic nitrogens is 4. The number of benzene rings is 3. The molecule has 6 heterocycles. The molecule has 61 heavy (non-hydrogen) atoms. The molecule has 4 amide bonds. The highest BCUT2D eigenvalue weighted by Crippen LogP contribution is 2.35. The van der Waals surface area contributed by atoms with Gasteiger partial charge in [-0.2, -0.15) is 0 Å². The average Bonchev–Trinajstić information content (AvgIpc) is 3.95. The van der Waals surface area contributed by atoms with Crippen molar-refractivity contribution in [2.45, 2.75) is 77.3 Å². The van der Waals surface area contributed by atoms with Crippen molar-refractivity contribution < 1.29 is 23.6 Å². The molecule has 0 radical (unpaired) electrons. The van der Waals surface area contributed by atoms with Crippen LogP contribution in [0.25, 0.3) is 33.2 Å². The van der Waals surface area contributed by atoms with E-state index >= 15 is 4.39 Å². The number of imide groups is 1. The minimum atomic E-state index is -0.735. The third kappa shape index (κ3) is 7.48. The van der Waals surface area contributed by atoms with Crippen molar-refractivity contribution in [3.8, 4) is 11.3 Å². The van der Waals surface area contributed by atoms with Crippen LogP contribution in [-0.2, 0) is 34.4 Å². The zero-order valence-corrected chi connectivity index (χ0v) is 34.5. The summed E-state index contributed by atoms with van der Waals surface area (Å²) >= 11 is 0. The molecule has 3 aromatic heterocycles. The first kappa shape index (κ1) is 39.9. The number of carbonyl (C=O) groups is 4. The van der Waals surface area contributed by atoms with Crippen LogP contribution >= 0.6 is 0 Å². The van der Waals surface area contributed by atoms with E-state index in [1.807, 2.05) is 60.4 Å². The molecule has 0 spiro atoms. The molecule has 9 rings (SSSR count). The Morgan fingerprint density at radius 2 is 1.72 bits per heavy atom. The van der Waals surface area contributed by atoms with Crippen molar-refractivity contribution >= 4 is 62.6 Å². The van der Waals surface area contributed by atoms with Crippen molar-refractivity contribution in [1.29, 1.82) is 0 Å². The molecule has 3 aromatic carbocycles. The topological polar surface area (TPSA) is 144 Å². The van der Waals surface area contributed by atoms with E-state index in [0.717, 1.165) is 90.8 Å². The Hall–Kier alpha value is -6.57. The number of para-hydroxylation sites is 1. The summed E-state index contributed by atoms with van der Waals surface area (Å²) in [6, 6.07) is 21.7. The summed E-state index contributed by atoms with van der Waals surface area (Å²) < 4.78 is 20.4. The van der Waals surface area contributed by atoms with Crippen LogP contribution in [0, 0.1) is 11.7 Å². The molecule has 0 saturated carbocycles. The SMILES string of the molecule is CCn1c(-c2ccc(N3CCCC3=O)cc2)cc2ccnc(C(=O)Nc3ccc(F)c(CCCC4CCN(c5cccc6c5n(C)c(=O)n6C5CCC(=O)NC5=O)CC4)c3)c21. The van der Waals surface area contributed by atoms with Crippen LogP contribution in [0.1, 0.15) is 80.4 Å². The molecule has 1 atom stereocenters. The first-order chi connectivity index (χ1) is 29.6. The van der Waals surface area contributed by atoms with Gasteiger partial charge in [0.05, 0.1) is 22.2 Å². The van der Waals surface area contributed by atoms with Crippen LogP contribution in [0.5, 0.6) is 0 Å². The summed E-state index contributed by atoms with van der Waals surface area (Å²) in [5.41, 5.74) is 6.97. The van der Waals surface area contributed by atoms with Gasteiger partial charge in [-0.25, -0.2) is 14.2 Å². The zero-order valence-electron chi connectivity index (χ0n) is 34.5. The Balaban J connectivity index is 0.836. The van der Waals surface area contributed by atoms with Crippen molar-refractivity contribution in [3.63, 3.8) is 0 Å². The molecule has 3 saturated heterocycles. The van der Waals surface area contributed by atoms with Crippen LogP contribution in [0.2, 0.25) is 0 Å². The summed E-state index contributed by atoms with van der Waals surface area (Å²) in [6.07, 6.45) is 7.69. The molecular weight excluding hydrogens is 776 g/mol. The standard InChI is InChI=1S/C47H49FN8O5/c1-3-54-39(30-12-15-34(16-13-30)55-24-6-11-41(55)58)28-32-20-23-49-42(43(32)54)46(60)50-33-14-17-35(48)31(27-33)8-4-7-29-21-25-53(26-22-29)36-9-5-10-37-44(36)52(2)47(61)56(37)38-18-19-40(57)51-45(38)59/h5,9-10,12-17,20,23,27-29,38H,3-4,6-8,11,18-19,21-22,24-26H2,1-2H3,(H,50,60)(H,51,57,59). The Morgan fingerprint density at radius 3 is 2.46 bits per heavy atom. The highest BCUT2D eigenvalue weighted by atomic mass is 19.1. The van der Waals surface area contributed by atoms with E-state index in [1.165, 1.54) is 10.6 Å². The largest absolute Gasteiger partial charge is 0.370 e. The smallest absolute Gasteiger partial charge is 0.329 e. The molecule has 2 N–H and O–H groups in total. The maximum absolute atomic E-state index is 15.2. The van der Waals surface area contributed by atoms with Crippen molar-refractivity contribution in [2.75, 3.05) is 34.8 Å². The number of anilines is 3. The Labute approximate surface area is 352 Å². The second-order valence-corrected chi connectivity index (χ2v) is 16.5. The van der Waals surface area contributed by atoms with Gasteiger partial charge >= 0.3 is 5.69 Å². The van der Waals surface area contributed by atoms with Gasteiger partial charge in [-0.1, -0.05) is 18.2 Å². The van der Waals surface area contributed by atoms with Gasteiger partial charge in [0, 0.05) is 74.7 Å².